The Hall–Kier alpha value is -1.61. The van der Waals surface area contributed by atoms with E-state index in [4.69, 9.17) is 0 Å². The number of benzene rings is 1. The van der Waals surface area contributed by atoms with Crippen molar-refractivity contribution in [1.29, 1.82) is 0 Å². The molecule has 1 heterocycles. The number of aliphatic hydroxyl groups is 1. The van der Waals surface area contributed by atoms with Gasteiger partial charge in [-0.3, -0.25) is 4.68 Å². The first-order valence-electron chi connectivity index (χ1n) is 5.97. The Morgan fingerprint density at radius 2 is 2.18 bits per heavy atom. The van der Waals surface area contributed by atoms with E-state index in [0.717, 1.165) is 24.1 Å². The highest BCUT2D eigenvalue weighted by Gasteiger charge is 2.36. The minimum absolute atomic E-state index is 0.602. The summed E-state index contributed by atoms with van der Waals surface area (Å²) >= 11 is 0. The Kier molecular flexibility index (Phi) is 2.30. The second-order valence-corrected chi connectivity index (χ2v) is 4.85. The summed E-state index contributed by atoms with van der Waals surface area (Å²) in [7, 11) is 1.90. The Morgan fingerprint density at radius 1 is 1.35 bits per heavy atom. The second kappa shape index (κ2) is 3.70. The van der Waals surface area contributed by atoms with Gasteiger partial charge >= 0.3 is 0 Å². The lowest BCUT2D eigenvalue weighted by Crippen LogP contribution is -2.25. The van der Waals surface area contributed by atoms with Gasteiger partial charge in [0, 0.05) is 19.7 Å². The summed E-state index contributed by atoms with van der Waals surface area (Å²) in [5, 5.41) is 15.1. The van der Waals surface area contributed by atoms with E-state index in [2.05, 4.69) is 11.2 Å². The van der Waals surface area contributed by atoms with Crippen LogP contribution in [0.15, 0.2) is 36.5 Å². The summed E-state index contributed by atoms with van der Waals surface area (Å²) in [5.74, 6) is 0. The maximum atomic E-state index is 10.8. The SMILES string of the molecule is Cn1ccc(CC2(O)CCc3ccccc32)n1. The monoisotopic (exact) mass is 228 g/mol. The van der Waals surface area contributed by atoms with Gasteiger partial charge in [0.2, 0.25) is 0 Å². The predicted octanol–water partition coefficient (Wildman–Crippen LogP) is 1.80. The van der Waals surface area contributed by atoms with Gasteiger partial charge in [0.1, 0.15) is 0 Å². The number of aryl methyl sites for hydroxylation is 2. The van der Waals surface area contributed by atoms with Crippen molar-refractivity contribution in [3.8, 4) is 0 Å². The van der Waals surface area contributed by atoms with E-state index in [-0.39, 0.29) is 0 Å². The third kappa shape index (κ3) is 1.76. The maximum Gasteiger partial charge on any atom is 0.0958 e. The zero-order chi connectivity index (χ0) is 11.9. The molecule has 88 valence electrons. The van der Waals surface area contributed by atoms with Crippen molar-refractivity contribution in [1.82, 2.24) is 9.78 Å². The molecule has 2 aromatic rings. The second-order valence-electron chi connectivity index (χ2n) is 4.85. The summed E-state index contributed by atoms with van der Waals surface area (Å²) < 4.78 is 1.78. The third-order valence-electron chi connectivity index (χ3n) is 3.57. The first kappa shape index (κ1) is 10.5. The molecular weight excluding hydrogens is 212 g/mol. The van der Waals surface area contributed by atoms with Gasteiger partial charge in [0.15, 0.2) is 0 Å². The Balaban J connectivity index is 1.93. The van der Waals surface area contributed by atoms with Gasteiger partial charge in [-0.2, -0.15) is 5.10 Å². The molecule has 0 radical (unpaired) electrons. The van der Waals surface area contributed by atoms with Crippen LogP contribution in [0.3, 0.4) is 0 Å². The predicted molar refractivity (Wildman–Crippen MR) is 65.6 cm³/mol. The first-order chi connectivity index (χ1) is 8.17. The summed E-state index contributed by atoms with van der Waals surface area (Å²) in [4.78, 5) is 0. The third-order valence-corrected chi connectivity index (χ3v) is 3.57. The fourth-order valence-corrected chi connectivity index (χ4v) is 2.71. The molecule has 0 saturated carbocycles. The highest BCUT2D eigenvalue weighted by Crippen LogP contribution is 2.38. The molecule has 1 aliphatic carbocycles. The highest BCUT2D eigenvalue weighted by atomic mass is 16.3. The fourth-order valence-electron chi connectivity index (χ4n) is 2.71. The molecule has 3 heteroatoms. The van der Waals surface area contributed by atoms with E-state index in [1.165, 1.54) is 5.56 Å². The van der Waals surface area contributed by atoms with Crippen LogP contribution in [-0.4, -0.2) is 14.9 Å². The largest absolute Gasteiger partial charge is 0.385 e. The van der Waals surface area contributed by atoms with Crippen LogP contribution in [0.2, 0.25) is 0 Å². The standard InChI is InChI=1S/C14H16N2O/c1-16-9-7-12(15-16)10-14(17)8-6-11-4-2-3-5-13(11)14/h2-5,7,9,17H,6,8,10H2,1H3. The fraction of sp³-hybridized carbons (Fsp3) is 0.357. The number of rotatable bonds is 2. The highest BCUT2D eigenvalue weighted by molar-refractivity contribution is 5.38. The molecule has 1 aliphatic rings. The molecule has 3 rings (SSSR count). The minimum atomic E-state index is -0.731. The Bertz CT molecular complexity index is 547. The van der Waals surface area contributed by atoms with Gasteiger partial charge in [-0.1, -0.05) is 24.3 Å². The molecule has 0 saturated heterocycles. The molecule has 1 N–H and O–H groups in total. The van der Waals surface area contributed by atoms with E-state index in [1.807, 2.05) is 37.5 Å². The normalized spacial score (nSPS) is 22.7. The van der Waals surface area contributed by atoms with Gasteiger partial charge in [-0.15, -0.1) is 0 Å². The lowest BCUT2D eigenvalue weighted by atomic mass is 9.91. The van der Waals surface area contributed by atoms with Crippen LogP contribution in [0.5, 0.6) is 0 Å². The van der Waals surface area contributed by atoms with Crippen LogP contribution in [0.1, 0.15) is 23.2 Å². The molecule has 1 aromatic carbocycles. The van der Waals surface area contributed by atoms with Crippen LogP contribution >= 0.6 is 0 Å². The molecular formula is C14H16N2O. The van der Waals surface area contributed by atoms with Crippen molar-refractivity contribution < 1.29 is 5.11 Å². The van der Waals surface area contributed by atoms with Crippen LogP contribution in [0.4, 0.5) is 0 Å². The summed E-state index contributed by atoms with van der Waals surface area (Å²) in [6, 6.07) is 10.1. The molecule has 3 nitrogen and oxygen atoms in total. The first-order valence-corrected chi connectivity index (χ1v) is 5.97. The van der Waals surface area contributed by atoms with Crippen molar-refractivity contribution in [2.75, 3.05) is 0 Å². The van der Waals surface area contributed by atoms with E-state index < -0.39 is 5.60 Å². The van der Waals surface area contributed by atoms with Crippen LogP contribution in [0, 0.1) is 0 Å². The molecule has 0 amide bonds. The van der Waals surface area contributed by atoms with Crippen molar-refractivity contribution in [2.45, 2.75) is 24.9 Å². The maximum absolute atomic E-state index is 10.8. The van der Waals surface area contributed by atoms with E-state index in [9.17, 15) is 5.11 Å². The number of hydrogen-bond acceptors (Lipinski definition) is 2. The van der Waals surface area contributed by atoms with Crippen molar-refractivity contribution >= 4 is 0 Å². The minimum Gasteiger partial charge on any atom is -0.385 e. The van der Waals surface area contributed by atoms with Crippen molar-refractivity contribution in [3.63, 3.8) is 0 Å². The van der Waals surface area contributed by atoms with E-state index in [0.29, 0.717) is 6.42 Å². The lowest BCUT2D eigenvalue weighted by Gasteiger charge is -2.22. The average Bonchev–Trinajstić information content (AvgIpc) is 2.86. The smallest absolute Gasteiger partial charge is 0.0958 e. The van der Waals surface area contributed by atoms with Crippen LogP contribution < -0.4 is 0 Å². The number of nitrogens with zero attached hydrogens (tertiary/aromatic N) is 2. The number of hydrogen-bond donors (Lipinski definition) is 1. The molecule has 1 atom stereocenters. The van der Waals surface area contributed by atoms with E-state index >= 15 is 0 Å². The summed E-state index contributed by atoms with van der Waals surface area (Å²) in [6.07, 6.45) is 4.27. The molecule has 1 unspecified atom stereocenters. The lowest BCUT2D eigenvalue weighted by molar-refractivity contribution is 0.0379. The Morgan fingerprint density at radius 3 is 2.94 bits per heavy atom. The topological polar surface area (TPSA) is 38.0 Å². The molecule has 17 heavy (non-hydrogen) atoms. The number of aromatic nitrogens is 2. The Labute approximate surface area is 101 Å². The summed E-state index contributed by atoms with van der Waals surface area (Å²) in [5.41, 5.74) is 2.56. The van der Waals surface area contributed by atoms with Gasteiger partial charge in [0.05, 0.1) is 11.3 Å². The molecule has 0 spiro atoms. The molecule has 0 fully saturated rings. The quantitative estimate of drug-likeness (QED) is 0.851. The van der Waals surface area contributed by atoms with Crippen LogP contribution in [-0.2, 0) is 25.5 Å². The van der Waals surface area contributed by atoms with Gasteiger partial charge < -0.3 is 5.11 Å². The molecule has 0 aliphatic heterocycles. The van der Waals surface area contributed by atoms with E-state index in [1.54, 1.807) is 4.68 Å². The molecule has 0 bridgehead atoms. The molecule has 1 aromatic heterocycles. The zero-order valence-corrected chi connectivity index (χ0v) is 9.93. The van der Waals surface area contributed by atoms with Crippen molar-refractivity contribution in [3.05, 3.63) is 53.3 Å². The number of fused-ring (bicyclic) bond motifs is 1. The zero-order valence-electron chi connectivity index (χ0n) is 9.93. The van der Waals surface area contributed by atoms with Gasteiger partial charge in [-0.25, -0.2) is 0 Å². The van der Waals surface area contributed by atoms with Gasteiger partial charge in [0.25, 0.3) is 0 Å². The van der Waals surface area contributed by atoms with Crippen molar-refractivity contribution in [2.24, 2.45) is 7.05 Å². The average molecular weight is 228 g/mol. The van der Waals surface area contributed by atoms with Gasteiger partial charge in [-0.05, 0) is 30.0 Å². The summed E-state index contributed by atoms with van der Waals surface area (Å²) in [6.45, 7) is 0. The van der Waals surface area contributed by atoms with Crippen LogP contribution in [0.25, 0.3) is 0 Å².